The molecule has 0 atom stereocenters. The molecule has 1 N–H and O–H groups in total. The van der Waals surface area contributed by atoms with Crippen molar-refractivity contribution >= 4 is 41.7 Å². The molecule has 0 radical (unpaired) electrons. The Morgan fingerprint density at radius 2 is 2.00 bits per heavy atom. The van der Waals surface area contributed by atoms with E-state index in [1.54, 1.807) is 0 Å². The molecule has 0 aromatic carbocycles. The largest absolute Gasteiger partial charge is 0.357 e. The Morgan fingerprint density at radius 1 is 1.28 bits per heavy atom. The number of aryl methyl sites for hydroxylation is 2. The van der Waals surface area contributed by atoms with Crippen LogP contribution in [0.25, 0.3) is 0 Å². The zero-order chi connectivity index (χ0) is 17.7. The Morgan fingerprint density at radius 3 is 2.56 bits per heavy atom. The highest BCUT2D eigenvalue weighted by molar-refractivity contribution is 14.0. The van der Waals surface area contributed by atoms with Gasteiger partial charge >= 0.3 is 0 Å². The van der Waals surface area contributed by atoms with Gasteiger partial charge < -0.3 is 10.2 Å². The zero-order valence-corrected chi connectivity index (χ0v) is 19.7. The fourth-order valence-corrected chi connectivity index (χ4v) is 4.46. The average molecular weight is 479 g/mol. The predicted molar refractivity (Wildman–Crippen MR) is 120 cm³/mol. The SMILES string of the molecule is CCNC(=NCc1c(CC)nn(C)c1CC)N1CCSC(C)(C)C1.I. The van der Waals surface area contributed by atoms with Crippen molar-refractivity contribution in [1.29, 1.82) is 0 Å². The molecule has 2 heterocycles. The van der Waals surface area contributed by atoms with Crippen LogP contribution in [0.3, 0.4) is 0 Å². The second kappa shape index (κ2) is 10.0. The van der Waals surface area contributed by atoms with Crippen molar-refractivity contribution in [3.63, 3.8) is 0 Å². The monoisotopic (exact) mass is 479 g/mol. The number of rotatable bonds is 5. The van der Waals surface area contributed by atoms with Gasteiger partial charge in [0.25, 0.3) is 0 Å². The zero-order valence-electron chi connectivity index (χ0n) is 16.6. The third-order valence-corrected chi connectivity index (χ3v) is 5.77. The van der Waals surface area contributed by atoms with Crippen LogP contribution in [0.4, 0.5) is 0 Å². The number of guanidine groups is 1. The molecule has 1 saturated heterocycles. The molecule has 144 valence electrons. The van der Waals surface area contributed by atoms with Gasteiger partial charge in [0.15, 0.2) is 5.96 Å². The summed E-state index contributed by atoms with van der Waals surface area (Å²) < 4.78 is 2.31. The molecular weight excluding hydrogens is 445 g/mol. The van der Waals surface area contributed by atoms with Crippen LogP contribution in [0.15, 0.2) is 4.99 Å². The Hall–Kier alpha value is -0.440. The number of aliphatic imine (C=N–C) groups is 1. The van der Waals surface area contributed by atoms with Gasteiger partial charge in [0.1, 0.15) is 0 Å². The number of aromatic nitrogens is 2. The van der Waals surface area contributed by atoms with Crippen molar-refractivity contribution in [3.05, 3.63) is 17.0 Å². The molecule has 0 unspecified atom stereocenters. The van der Waals surface area contributed by atoms with Crippen LogP contribution in [0.2, 0.25) is 0 Å². The summed E-state index contributed by atoms with van der Waals surface area (Å²) in [4.78, 5) is 7.38. The second-order valence-corrected chi connectivity index (χ2v) is 8.70. The molecule has 2 rings (SSSR count). The van der Waals surface area contributed by atoms with Crippen LogP contribution in [0.5, 0.6) is 0 Å². The number of halogens is 1. The van der Waals surface area contributed by atoms with Gasteiger partial charge in [0.05, 0.1) is 12.2 Å². The Bertz CT molecular complexity index is 582. The molecule has 1 aromatic rings. The predicted octanol–water partition coefficient (Wildman–Crippen LogP) is 3.46. The van der Waals surface area contributed by atoms with Gasteiger partial charge in [-0.15, -0.1) is 24.0 Å². The Kier molecular flexibility index (Phi) is 9.08. The molecule has 25 heavy (non-hydrogen) atoms. The van der Waals surface area contributed by atoms with E-state index < -0.39 is 0 Å². The van der Waals surface area contributed by atoms with Gasteiger partial charge in [-0.25, -0.2) is 4.99 Å². The quantitative estimate of drug-likeness (QED) is 0.399. The first-order valence-corrected chi connectivity index (χ1v) is 10.1. The van der Waals surface area contributed by atoms with Crippen LogP contribution in [0.1, 0.15) is 51.6 Å². The average Bonchev–Trinajstić information content (AvgIpc) is 2.85. The van der Waals surface area contributed by atoms with Crippen molar-refractivity contribution < 1.29 is 0 Å². The molecule has 0 saturated carbocycles. The summed E-state index contributed by atoms with van der Waals surface area (Å²) in [5, 5.41) is 8.15. The number of nitrogens with zero attached hydrogens (tertiary/aromatic N) is 4. The maximum absolute atomic E-state index is 4.97. The van der Waals surface area contributed by atoms with E-state index in [-0.39, 0.29) is 28.7 Å². The lowest BCUT2D eigenvalue weighted by Gasteiger charge is -2.39. The van der Waals surface area contributed by atoms with Gasteiger partial charge in [-0.3, -0.25) is 4.68 Å². The second-order valence-electron chi connectivity index (χ2n) is 6.90. The fourth-order valence-electron chi connectivity index (χ4n) is 3.35. The van der Waals surface area contributed by atoms with E-state index >= 15 is 0 Å². The summed E-state index contributed by atoms with van der Waals surface area (Å²) in [7, 11) is 2.04. The first kappa shape index (κ1) is 22.6. The molecule has 0 amide bonds. The molecule has 1 aliphatic heterocycles. The minimum Gasteiger partial charge on any atom is -0.357 e. The van der Waals surface area contributed by atoms with Gasteiger partial charge in [-0.2, -0.15) is 16.9 Å². The highest BCUT2D eigenvalue weighted by Gasteiger charge is 2.28. The van der Waals surface area contributed by atoms with Gasteiger partial charge in [-0.05, 0) is 33.6 Å². The normalized spacial score (nSPS) is 17.4. The maximum atomic E-state index is 4.97. The van der Waals surface area contributed by atoms with Crippen molar-refractivity contribution in [2.24, 2.45) is 12.0 Å². The smallest absolute Gasteiger partial charge is 0.194 e. The minimum absolute atomic E-state index is 0. The summed E-state index contributed by atoms with van der Waals surface area (Å²) >= 11 is 2.05. The van der Waals surface area contributed by atoms with Crippen molar-refractivity contribution in [1.82, 2.24) is 20.0 Å². The van der Waals surface area contributed by atoms with Crippen LogP contribution >= 0.6 is 35.7 Å². The van der Waals surface area contributed by atoms with E-state index in [0.29, 0.717) is 6.54 Å². The Labute approximate surface area is 174 Å². The molecule has 1 fully saturated rings. The number of hydrogen-bond donors (Lipinski definition) is 1. The topological polar surface area (TPSA) is 45.5 Å². The van der Waals surface area contributed by atoms with Crippen LogP contribution < -0.4 is 5.32 Å². The molecule has 0 aliphatic carbocycles. The number of hydrogen-bond acceptors (Lipinski definition) is 3. The van der Waals surface area contributed by atoms with Gasteiger partial charge in [0.2, 0.25) is 0 Å². The molecule has 1 aliphatic rings. The summed E-state index contributed by atoms with van der Waals surface area (Å²) in [5.41, 5.74) is 3.80. The maximum Gasteiger partial charge on any atom is 0.194 e. The van der Waals surface area contributed by atoms with Crippen LogP contribution in [-0.4, -0.2) is 50.8 Å². The van der Waals surface area contributed by atoms with E-state index in [1.165, 1.54) is 17.0 Å². The van der Waals surface area contributed by atoms with Gasteiger partial charge in [0, 0.05) is 48.4 Å². The fraction of sp³-hybridized carbons (Fsp3) is 0.778. The number of thioether (sulfide) groups is 1. The lowest BCUT2D eigenvalue weighted by Crippen LogP contribution is -2.50. The lowest BCUT2D eigenvalue weighted by atomic mass is 10.1. The lowest BCUT2D eigenvalue weighted by molar-refractivity contribution is 0.376. The van der Waals surface area contributed by atoms with Crippen molar-refractivity contribution in [2.75, 3.05) is 25.4 Å². The number of nitrogens with one attached hydrogen (secondary N) is 1. The highest BCUT2D eigenvalue weighted by atomic mass is 127. The van der Waals surface area contributed by atoms with Crippen LogP contribution in [0, 0.1) is 0 Å². The van der Waals surface area contributed by atoms with Gasteiger partial charge in [-0.1, -0.05) is 13.8 Å². The first-order valence-electron chi connectivity index (χ1n) is 9.12. The molecule has 7 heteroatoms. The first-order chi connectivity index (χ1) is 11.4. The Balaban J connectivity index is 0.00000312. The summed E-state index contributed by atoms with van der Waals surface area (Å²) in [6, 6.07) is 0. The summed E-state index contributed by atoms with van der Waals surface area (Å²) in [5.74, 6) is 2.20. The van der Waals surface area contributed by atoms with E-state index in [1.807, 2.05) is 11.7 Å². The van der Waals surface area contributed by atoms with Crippen molar-refractivity contribution in [3.8, 4) is 0 Å². The molecule has 0 bridgehead atoms. The minimum atomic E-state index is 0. The van der Waals surface area contributed by atoms with E-state index in [4.69, 9.17) is 4.99 Å². The highest BCUT2D eigenvalue weighted by Crippen LogP contribution is 2.29. The van der Waals surface area contributed by atoms with Crippen molar-refractivity contribution in [2.45, 2.75) is 58.8 Å². The van der Waals surface area contributed by atoms with E-state index in [0.717, 1.165) is 44.2 Å². The summed E-state index contributed by atoms with van der Waals surface area (Å²) in [6.45, 7) is 14.9. The van der Waals surface area contributed by atoms with E-state index in [2.05, 4.69) is 61.7 Å². The van der Waals surface area contributed by atoms with Crippen LogP contribution in [-0.2, 0) is 26.4 Å². The third-order valence-electron chi connectivity index (χ3n) is 4.47. The summed E-state index contributed by atoms with van der Waals surface area (Å²) in [6.07, 6.45) is 1.96. The third kappa shape index (κ3) is 5.77. The van der Waals surface area contributed by atoms with E-state index in [9.17, 15) is 0 Å². The molecule has 0 spiro atoms. The molecule has 5 nitrogen and oxygen atoms in total. The standard InChI is InChI=1S/C18H33N5S.HI/c1-7-15-14(16(8-2)22(6)21-15)12-20-17(19-9-3)23-10-11-24-18(4,5)13-23;/h7-13H2,1-6H3,(H,19,20);1H. The molecular formula is C18H34IN5S. The molecule has 1 aromatic heterocycles.